The van der Waals surface area contributed by atoms with Crippen LogP contribution in [0.5, 0.6) is 0 Å². The minimum Gasteiger partial charge on any atom is -0.346 e. The molecule has 1 aromatic carbocycles. The highest BCUT2D eigenvalue weighted by molar-refractivity contribution is 5.85. The summed E-state index contributed by atoms with van der Waals surface area (Å²) in [6, 6.07) is 9.25. The molecule has 0 spiro atoms. The van der Waals surface area contributed by atoms with Gasteiger partial charge in [-0.15, -0.1) is 0 Å². The van der Waals surface area contributed by atoms with Crippen LogP contribution in [0, 0.1) is 6.92 Å². The largest absolute Gasteiger partial charge is 0.346 e. The Labute approximate surface area is 103 Å². The summed E-state index contributed by atoms with van der Waals surface area (Å²) in [6.07, 6.45) is 3.93. The highest BCUT2D eigenvalue weighted by Crippen LogP contribution is 2.32. The van der Waals surface area contributed by atoms with Crippen LogP contribution in [0.15, 0.2) is 24.3 Å². The average Bonchev–Trinajstić information content (AvgIpc) is 2.64. The summed E-state index contributed by atoms with van der Waals surface area (Å²) in [6.45, 7) is 3.42. The molecule has 1 aliphatic rings. The highest BCUT2D eigenvalue weighted by Gasteiger charge is 2.21. The third-order valence-corrected chi connectivity index (χ3v) is 4.06. The first-order chi connectivity index (χ1) is 8.29. The number of para-hydroxylation sites is 1. The molecule has 1 aliphatic heterocycles. The van der Waals surface area contributed by atoms with E-state index in [0.717, 1.165) is 6.54 Å². The molecule has 2 aromatic rings. The van der Waals surface area contributed by atoms with Crippen LogP contribution in [-0.2, 0) is 7.05 Å². The zero-order chi connectivity index (χ0) is 11.8. The maximum absolute atomic E-state index is 3.66. The van der Waals surface area contributed by atoms with Crippen LogP contribution in [-0.4, -0.2) is 11.1 Å². The quantitative estimate of drug-likeness (QED) is 0.792. The van der Waals surface area contributed by atoms with Gasteiger partial charge in [0.2, 0.25) is 0 Å². The number of benzene rings is 1. The van der Waals surface area contributed by atoms with Crippen molar-refractivity contribution in [1.82, 2.24) is 9.88 Å². The Morgan fingerprint density at radius 1 is 1.24 bits per heavy atom. The fourth-order valence-electron chi connectivity index (χ4n) is 3.18. The summed E-state index contributed by atoms with van der Waals surface area (Å²) in [5.74, 6) is 0. The predicted molar refractivity (Wildman–Crippen MR) is 72.3 cm³/mol. The number of piperidine rings is 1. The summed E-state index contributed by atoms with van der Waals surface area (Å²) in [5.41, 5.74) is 4.28. The van der Waals surface area contributed by atoms with Crippen molar-refractivity contribution in [3.8, 4) is 0 Å². The molecule has 17 heavy (non-hydrogen) atoms. The summed E-state index contributed by atoms with van der Waals surface area (Å²) in [7, 11) is 2.20. The first-order valence-electron chi connectivity index (χ1n) is 6.56. The van der Waals surface area contributed by atoms with Crippen molar-refractivity contribution in [2.45, 2.75) is 32.2 Å². The van der Waals surface area contributed by atoms with Crippen LogP contribution in [0.25, 0.3) is 10.9 Å². The molecular weight excluding hydrogens is 208 g/mol. The van der Waals surface area contributed by atoms with Crippen molar-refractivity contribution in [2.24, 2.45) is 7.05 Å². The molecule has 1 N–H and O–H groups in total. The summed E-state index contributed by atoms with van der Waals surface area (Å²) < 4.78 is 2.37. The first-order valence-corrected chi connectivity index (χ1v) is 6.56. The molecule has 2 heterocycles. The molecule has 90 valence electrons. The zero-order valence-corrected chi connectivity index (χ0v) is 10.7. The Bertz CT molecular complexity index is 494. The van der Waals surface area contributed by atoms with Crippen LogP contribution in [0.2, 0.25) is 0 Å². The molecular formula is C15H20N2. The van der Waals surface area contributed by atoms with Gasteiger partial charge in [0.25, 0.3) is 0 Å². The van der Waals surface area contributed by atoms with E-state index in [-0.39, 0.29) is 0 Å². The summed E-state index contributed by atoms with van der Waals surface area (Å²) in [5, 5.41) is 5.06. The fraction of sp³-hybridized carbons (Fsp3) is 0.467. The van der Waals surface area contributed by atoms with Crippen LogP contribution >= 0.6 is 0 Å². The van der Waals surface area contributed by atoms with Crippen molar-refractivity contribution in [1.29, 1.82) is 0 Å². The zero-order valence-electron chi connectivity index (χ0n) is 10.7. The van der Waals surface area contributed by atoms with Gasteiger partial charge in [0.15, 0.2) is 0 Å². The Balaban J connectivity index is 2.15. The van der Waals surface area contributed by atoms with Crippen LogP contribution in [0.4, 0.5) is 0 Å². The number of aryl methyl sites for hydroxylation is 2. The molecule has 3 rings (SSSR count). The second kappa shape index (κ2) is 4.19. The number of nitrogens with zero attached hydrogens (tertiary/aromatic N) is 1. The van der Waals surface area contributed by atoms with Crippen molar-refractivity contribution in [3.05, 3.63) is 35.5 Å². The third-order valence-electron chi connectivity index (χ3n) is 4.06. The molecule has 0 aliphatic carbocycles. The number of rotatable bonds is 1. The molecule has 2 heteroatoms. The van der Waals surface area contributed by atoms with Gasteiger partial charge in [0, 0.05) is 29.7 Å². The van der Waals surface area contributed by atoms with Gasteiger partial charge in [-0.25, -0.2) is 0 Å². The van der Waals surface area contributed by atoms with Crippen LogP contribution in [0.3, 0.4) is 0 Å². The van der Waals surface area contributed by atoms with Gasteiger partial charge in [-0.05, 0) is 37.9 Å². The molecule has 0 radical (unpaired) electrons. The standard InChI is InChI=1S/C15H20N2/c1-11-12-7-3-4-9-14(12)17(2)15(11)13-8-5-6-10-16-13/h3-4,7,9,13,16H,5-6,8,10H2,1-2H3. The Hall–Kier alpha value is -1.28. The number of aromatic nitrogens is 1. The van der Waals surface area contributed by atoms with Gasteiger partial charge in [0.1, 0.15) is 0 Å². The number of nitrogens with one attached hydrogen (secondary N) is 1. The van der Waals surface area contributed by atoms with E-state index in [2.05, 4.69) is 48.1 Å². The molecule has 1 fully saturated rings. The van der Waals surface area contributed by atoms with Crippen molar-refractivity contribution in [3.63, 3.8) is 0 Å². The van der Waals surface area contributed by atoms with E-state index in [0.29, 0.717) is 6.04 Å². The monoisotopic (exact) mass is 228 g/mol. The summed E-state index contributed by atoms with van der Waals surface area (Å²) >= 11 is 0. The lowest BCUT2D eigenvalue weighted by molar-refractivity contribution is 0.398. The van der Waals surface area contributed by atoms with E-state index in [1.807, 2.05) is 0 Å². The Morgan fingerprint density at radius 3 is 2.76 bits per heavy atom. The van der Waals surface area contributed by atoms with Crippen molar-refractivity contribution >= 4 is 10.9 Å². The smallest absolute Gasteiger partial charge is 0.0483 e. The van der Waals surface area contributed by atoms with E-state index >= 15 is 0 Å². The van der Waals surface area contributed by atoms with Gasteiger partial charge >= 0.3 is 0 Å². The maximum Gasteiger partial charge on any atom is 0.0483 e. The average molecular weight is 228 g/mol. The second-order valence-corrected chi connectivity index (χ2v) is 5.09. The third kappa shape index (κ3) is 1.67. The van der Waals surface area contributed by atoms with E-state index in [1.54, 1.807) is 0 Å². The number of fused-ring (bicyclic) bond motifs is 1. The van der Waals surface area contributed by atoms with Gasteiger partial charge in [-0.1, -0.05) is 24.6 Å². The molecule has 0 amide bonds. The number of hydrogen-bond donors (Lipinski definition) is 1. The molecule has 0 bridgehead atoms. The van der Waals surface area contributed by atoms with E-state index in [9.17, 15) is 0 Å². The maximum atomic E-state index is 3.66. The van der Waals surface area contributed by atoms with Gasteiger partial charge in [0.05, 0.1) is 0 Å². The molecule has 0 saturated carbocycles. The predicted octanol–water partition coefficient (Wildman–Crippen LogP) is 3.30. The van der Waals surface area contributed by atoms with Gasteiger partial charge in [-0.3, -0.25) is 0 Å². The van der Waals surface area contributed by atoms with E-state index in [1.165, 1.54) is 41.4 Å². The normalized spacial score (nSPS) is 20.9. The molecule has 1 unspecified atom stereocenters. The highest BCUT2D eigenvalue weighted by atomic mass is 15.0. The lowest BCUT2D eigenvalue weighted by Gasteiger charge is -2.25. The number of hydrogen-bond acceptors (Lipinski definition) is 1. The topological polar surface area (TPSA) is 17.0 Å². The lowest BCUT2D eigenvalue weighted by Crippen LogP contribution is -2.28. The van der Waals surface area contributed by atoms with Crippen LogP contribution in [0.1, 0.15) is 36.6 Å². The molecule has 2 nitrogen and oxygen atoms in total. The summed E-state index contributed by atoms with van der Waals surface area (Å²) in [4.78, 5) is 0. The molecule has 1 saturated heterocycles. The Morgan fingerprint density at radius 2 is 2.06 bits per heavy atom. The fourth-order valence-corrected chi connectivity index (χ4v) is 3.18. The van der Waals surface area contributed by atoms with E-state index in [4.69, 9.17) is 0 Å². The van der Waals surface area contributed by atoms with Crippen molar-refractivity contribution in [2.75, 3.05) is 6.54 Å². The molecule has 1 aromatic heterocycles. The van der Waals surface area contributed by atoms with Crippen LogP contribution < -0.4 is 5.32 Å². The first kappa shape index (κ1) is 10.8. The Kier molecular flexibility index (Phi) is 2.67. The van der Waals surface area contributed by atoms with Gasteiger partial charge in [-0.2, -0.15) is 0 Å². The van der Waals surface area contributed by atoms with E-state index < -0.39 is 0 Å². The van der Waals surface area contributed by atoms with Crippen molar-refractivity contribution < 1.29 is 0 Å². The SMILES string of the molecule is Cc1c(C2CCCCN2)n(C)c2ccccc12. The lowest BCUT2D eigenvalue weighted by atomic mass is 9.99. The minimum absolute atomic E-state index is 0.543. The molecule has 1 atom stereocenters. The van der Waals surface area contributed by atoms with Gasteiger partial charge < -0.3 is 9.88 Å². The second-order valence-electron chi connectivity index (χ2n) is 5.09. The minimum atomic E-state index is 0.543.